The number of hydrogen-bond acceptors (Lipinski definition) is 7. The molecule has 0 atom stereocenters. The second kappa shape index (κ2) is 6.90. The molecule has 3 rings (SSSR count). The van der Waals surface area contributed by atoms with Crippen molar-refractivity contribution in [1.29, 1.82) is 0 Å². The Morgan fingerprint density at radius 3 is 2.83 bits per heavy atom. The quantitative estimate of drug-likeness (QED) is 0.543. The molecule has 11 heteroatoms. The third-order valence-electron chi connectivity index (χ3n) is 3.43. The Morgan fingerprint density at radius 2 is 2.09 bits per heavy atom. The van der Waals surface area contributed by atoms with Crippen molar-refractivity contribution < 1.29 is 23.8 Å². The van der Waals surface area contributed by atoms with Crippen LogP contribution in [0.15, 0.2) is 12.5 Å². The highest BCUT2D eigenvalue weighted by molar-refractivity contribution is 7.51. The van der Waals surface area contributed by atoms with E-state index in [2.05, 4.69) is 20.0 Å². The molecule has 0 amide bonds. The van der Waals surface area contributed by atoms with Gasteiger partial charge in [-0.15, -0.1) is 0 Å². The molecular weight excluding hydrogens is 325 g/mol. The van der Waals surface area contributed by atoms with Crippen LogP contribution in [0.3, 0.4) is 0 Å². The van der Waals surface area contributed by atoms with Gasteiger partial charge in [0.05, 0.1) is 37.9 Å². The molecule has 2 aromatic heterocycles. The molecule has 0 aromatic carbocycles. The van der Waals surface area contributed by atoms with Crippen LogP contribution >= 0.6 is 7.60 Å². The lowest BCUT2D eigenvalue weighted by molar-refractivity contribution is 0.122. The maximum absolute atomic E-state index is 10.7. The molecule has 1 aliphatic rings. The van der Waals surface area contributed by atoms with Gasteiger partial charge in [0.15, 0.2) is 5.65 Å². The second-order valence-corrected chi connectivity index (χ2v) is 6.69. The van der Waals surface area contributed by atoms with E-state index >= 15 is 0 Å². The molecule has 2 aromatic rings. The molecule has 0 aliphatic carbocycles. The molecule has 23 heavy (non-hydrogen) atoms. The number of nitrogens with zero attached hydrogens (tertiary/aromatic N) is 5. The Labute approximate surface area is 132 Å². The standard InChI is InChI=1S/C12H18N5O5P/c18-23(19,20)9-22-6-3-17-12-10(7-15-17)11(13-8-14-12)16-1-4-21-5-2-16/h7-8H,1-6,9H2,(H2,18,19,20). The summed E-state index contributed by atoms with van der Waals surface area (Å²) in [5, 5.41) is 5.10. The number of rotatable bonds is 6. The van der Waals surface area contributed by atoms with Crippen LogP contribution in [-0.2, 0) is 20.6 Å². The molecule has 10 nitrogen and oxygen atoms in total. The monoisotopic (exact) mass is 343 g/mol. The van der Waals surface area contributed by atoms with E-state index in [0.717, 1.165) is 24.3 Å². The van der Waals surface area contributed by atoms with E-state index in [-0.39, 0.29) is 6.61 Å². The van der Waals surface area contributed by atoms with Crippen LogP contribution in [0.1, 0.15) is 0 Å². The van der Waals surface area contributed by atoms with Crippen LogP contribution in [0.25, 0.3) is 11.0 Å². The summed E-state index contributed by atoms with van der Waals surface area (Å²) in [5.41, 5.74) is 0.668. The minimum atomic E-state index is -4.14. The maximum Gasteiger partial charge on any atom is 0.350 e. The highest BCUT2D eigenvalue weighted by atomic mass is 31.2. The van der Waals surface area contributed by atoms with Gasteiger partial charge in [0, 0.05) is 13.1 Å². The van der Waals surface area contributed by atoms with Gasteiger partial charge in [0.1, 0.15) is 18.5 Å². The predicted molar refractivity (Wildman–Crippen MR) is 81.2 cm³/mol. The van der Waals surface area contributed by atoms with E-state index in [0.29, 0.717) is 25.4 Å². The van der Waals surface area contributed by atoms with E-state index in [9.17, 15) is 4.57 Å². The third-order valence-corrected chi connectivity index (χ3v) is 3.95. The number of hydrogen-bond donors (Lipinski definition) is 2. The van der Waals surface area contributed by atoms with E-state index in [1.807, 2.05) is 0 Å². The summed E-state index contributed by atoms with van der Waals surface area (Å²) in [7, 11) is -4.14. The number of anilines is 1. The number of ether oxygens (including phenoxy) is 2. The van der Waals surface area contributed by atoms with Crippen molar-refractivity contribution in [3.8, 4) is 0 Å². The summed E-state index contributed by atoms with van der Waals surface area (Å²) in [6.07, 6.45) is 2.59. The second-order valence-electron chi connectivity index (χ2n) is 5.10. The summed E-state index contributed by atoms with van der Waals surface area (Å²) in [6, 6.07) is 0. The smallest absolute Gasteiger partial charge is 0.350 e. The van der Waals surface area contributed by atoms with E-state index in [4.69, 9.17) is 19.3 Å². The third kappa shape index (κ3) is 4.04. The van der Waals surface area contributed by atoms with E-state index in [1.54, 1.807) is 10.9 Å². The van der Waals surface area contributed by atoms with Gasteiger partial charge in [0.25, 0.3) is 0 Å². The first-order valence-electron chi connectivity index (χ1n) is 7.16. The highest BCUT2D eigenvalue weighted by Gasteiger charge is 2.18. The molecule has 0 radical (unpaired) electrons. The van der Waals surface area contributed by atoms with Crippen molar-refractivity contribution in [3.63, 3.8) is 0 Å². The number of fused-ring (bicyclic) bond motifs is 1. The van der Waals surface area contributed by atoms with Gasteiger partial charge in [0.2, 0.25) is 0 Å². The minimum absolute atomic E-state index is 0.138. The lowest BCUT2D eigenvalue weighted by Gasteiger charge is -2.27. The summed E-state index contributed by atoms with van der Waals surface area (Å²) in [4.78, 5) is 28.2. The lowest BCUT2D eigenvalue weighted by atomic mass is 10.3. The first-order valence-corrected chi connectivity index (χ1v) is 8.96. The fourth-order valence-corrected chi connectivity index (χ4v) is 2.77. The van der Waals surface area contributed by atoms with Gasteiger partial charge in [-0.3, -0.25) is 4.57 Å². The summed E-state index contributed by atoms with van der Waals surface area (Å²) < 4.78 is 22.7. The van der Waals surface area contributed by atoms with Crippen LogP contribution < -0.4 is 4.90 Å². The van der Waals surface area contributed by atoms with Crippen LogP contribution in [-0.4, -0.2) is 68.8 Å². The fraction of sp³-hybridized carbons (Fsp3) is 0.583. The molecule has 0 spiro atoms. The molecule has 0 bridgehead atoms. The Morgan fingerprint density at radius 1 is 1.30 bits per heavy atom. The van der Waals surface area contributed by atoms with Crippen LogP contribution in [0.5, 0.6) is 0 Å². The summed E-state index contributed by atoms with van der Waals surface area (Å²) in [5.74, 6) is 0.820. The zero-order chi connectivity index (χ0) is 16.3. The molecule has 126 valence electrons. The number of aromatic nitrogens is 4. The molecule has 1 saturated heterocycles. The Balaban J connectivity index is 1.72. The minimum Gasteiger partial charge on any atom is -0.378 e. The van der Waals surface area contributed by atoms with Gasteiger partial charge in [-0.25, -0.2) is 14.6 Å². The van der Waals surface area contributed by atoms with Crippen LogP contribution in [0, 0.1) is 0 Å². The summed E-state index contributed by atoms with van der Waals surface area (Å²) in [6.45, 7) is 3.35. The van der Waals surface area contributed by atoms with Gasteiger partial charge < -0.3 is 24.2 Å². The molecule has 2 N–H and O–H groups in total. The molecule has 1 aliphatic heterocycles. The number of morpholine rings is 1. The Kier molecular flexibility index (Phi) is 4.88. The van der Waals surface area contributed by atoms with Gasteiger partial charge in [-0.05, 0) is 0 Å². The lowest BCUT2D eigenvalue weighted by Crippen LogP contribution is -2.36. The zero-order valence-electron chi connectivity index (χ0n) is 12.4. The average molecular weight is 343 g/mol. The molecule has 0 saturated carbocycles. The molecule has 3 heterocycles. The Bertz CT molecular complexity index is 711. The van der Waals surface area contributed by atoms with E-state index < -0.39 is 13.9 Å². The van der Waals surface area contributed by atoms with Gasteiger partial charge >= 0.3 is 7.60 Å². The van der Waals surface area contributed by atoms with Crippen molar-refractivity contribution >= 4 is 24.4 Å². The first-order chi connectivity index (χ1) is 11.0. The molecule has 0 unspecified atom stereocenters. The van der Waals surface area contributed by atoms with Gasteiger partial charge in [-0.1, -0.05) is 0 Å². The van der Waals surface area contributed by atoms with Crippen LogP contribution in [0.4, 0.5) is 5.82 Å². The normalized spacial score (nSPS) is 16.2. The maximum atomic E-state index is 10.7. The van der Waals surface area contributed by atoms with Crippen molar-refractivity contribution in [2.45, 2.75) is 6.54 Å². The first kappa shape index (κ1) is 16.3. The SMILES string of the molecule is O=P(O)(O)COCCn1ncc2c(N3CCOCC3)ncnc21. The molecule has 1 fully saturated rings. The van der Waals surface area contributed by atoms with Gasteiger partial charge in [-0.2, -0.15) is 5.10 Å². The average Bonchev–Trinajstić information content (AvgIpc) is 2.95. The molecular formula is C12H18N5O5P. The predicted octanol–water partition coefficient (Wildman–Crippen LogP) is -0.185. The van der Waals surface area contributed by atoms with Crippen molar-refractivity contribution in [2.24, 2.45) is 0 Å². The zero-order valence-corrected chi connectivity index (χ0v) is 13.3. The highest BCUT2D eigenvalue weighted by Crippen LogP contribution is 2.33. The van der Waals surface area contributed by atoms with Crippen molar-refractivity contribution in [2.75, 3.05) is 44.2 Å². The summed E-state index contributed by atoms with van der Waals surface area (Å²) >= 11 is 0. The van der Waals surface area contributed by atoms with Crippen molar-refractivity contribution in [1.82, 2.24) is 19.7 Å². The topological polar surface area (TPSA) is 123 Å². The van der Waals surface area contributed by atoms with Crippen LogP contribution in [0.2, 0.25) is 0 Å². The van der Waals surface area contributed by atoms with E-state index in [1.165, 1.54) is 6.33 Å². The van der Waals surface area contributed by atoms with Crippen molar-refractivity contribution in [3.05, 3.63) is 12.5 Å². The fourth-order valence-electron chi connectivity index (χ4n) is 2.41. The largest absolute Gasteiger partial charge is 0.378 e. The Hall–Kier alpha value is -1.58.